The number of fused-ring (bicyclic) bond motifs is 1. The summed E-state index contributed by atoms with van der Waals surface area (Å²) < 4.78 is 19.0. The second-order valence-corrected chi connectivity index (χ2v) is 9.06. The summed E-state index contributed by atoms with van der Waals surface area (Å²) in [5.41, 5.74) is 3.72. The van der Waals surface area contributed by atoms with E-state index in [0.717, 1.165) is 27.7 Å². The molecule has 1 saturated heterocycles. The second-order valence-electron chi connectivity index (χ2n) is 9.06. The summed E-state index contributed by atoms with van der Waals surface area (Å²) in [6.45, 7) is 4.34. The van der Waals surface area contributed by atoms with E-state index in [1.54, 1.807) is 19.1 Å². The van der Waals surface area contributed by atoms with Gasteiger partial charge in [0.1, 0.15) is 11.6 Å². The lowest BCUT2D eigenvalue weighted by molar-refractivity contribution is -0.133. The number of nitrogens with one attached hydrogen (secondary N) is 2. The number of carbonyl (C=O) groups is 2. The standard InChI is InChI=1S/C27H28FN5O3/c1-18-15-24(31-36-18)30-25(34)17-32-11-13-33(14-12-32)26(35)10-8-21-22-16-20(28)7-9-23(22)29-27(21)19-5-3-2-4-6-19/h2-7,9,15-16,29H,8,10-14,17H2,1H3,(H,30,31,34). The lowest BCUT2D eigenvalue weighted by Gasteiger charge is -2.34. The van der Waals surface area contributed by atoms with Gasteiger partial charge in [-0.05, 0) is 42.7 Å². The van der Waals surface area contributed by atoms with Crippen molar-refractivity contribution in [1.29, 1.82) is 0 Å². The van der Waals surface area contributed by atoms with Gasteiger partial charge < -0.3 is 19.7 Å². The molecule has 3 heterocycles. The summed E-state index contributed by atoms with van der Waals surface area (Å²) in [5, 5.41) is 7.30. The van der Waals surface area contributed by atoms with Gasteiger partial charge in [-0.2, -0.15) is 0 Å². The number of piperazine rings is 1. The topological polar surface area (TPSA) is 94.5 Å². The molecule has 0 radical (unpaired) electrons. The Kier molecular flexibility index (Phi) is 6.81. The molecule has 1 fully saturated rings. The molecule has 4 aromatic rings. The second kappa shape index (κ2) is 10.3. The number of rotatable bonds is 7. The molecule has 5 rings (SSSR count). The van der Waals surface area contributed by atoms with Crippen LogP contribution in [0.2, 0.25) is 0 Å². The number of aromatic amines is 1. The average Bonchev–Trinajstić information content (AvgIpc) is 3.45. The first-order chi connectivity index (χ1) is 17.5. The number of anilines is 1. The van der Waals surface area contributed by atoms with E-state index in [4.69, 9.17) is 4.52 Å². The molecule has 186 valence electrons. The minimum absolute atomic E-state index is 0.0574. The summed E-state index contributed by atoms with van der Waals surface area (Å²) in [5.74, 6) is 0.627. The molecule has 1 aliphatic rings. The summed E-state index contributed by atoms with van der Waals surface area (Å²) in [7, 11) is 0. The van der Waals surface area contributed by atoms with Crippen LogP contribution in [0.4, 0.5) is 10.2 Å². The van der Waals surface area contributed by atoms with Gasteiger partial charge >= 0.3 is 0 Å². The van der Waals surface area contributed by atoms with Crippen LogP contribution in [0.1, 0.15) is 17.7 Å². The van der Waals surface area contributed by atoms with Gasteiger partial charge in [0.25, 0.3) is 0 Å². The van der Waals surface area contributed by atoms with Crippen LogP contribution in [0.3, 0.4) is 0 Å². The van der Waals surface area contributed by atoms with Gasteiger partial charge in [-0.1, -0.05) is 35.5 Å². The van der Waals surface area contributed by atoms with Crippen LogP contribution in [0.25, 0.3) is 22.2 Å². The van der Waals surface area contributed by atoms with Crippen molar-refractivity contribution in [3.63, 3.8) is 0 Å². The van der Waals surface area contributed by atoms with Crippen LogP contribution in [-0.2, 0) is 16.0 Å². The first kappa shape index (κ1) is 23.7. The molecule has 0 bridgehead atoms. The van der Waals surface area contributed by atoms with Crippen LogP contribution in [-0.4, -0.2) is 64.5 Å². The molecule has 0 saturated carbocycles. The Balaban J connectivity index is 1.19. The van der Waals surface area contributed by atoms with Gasteiger partial charge in [0.2, 0.25) is 11.8 Å². The molecular formula is C27H28FN5O3. The Labute approximate surface area is 208 Å². The van der Waals surface area contributed by atoms with Crippen molar-refractivity contribution in [3.05, 3.63) is 71.7 Å². The van der Waals surface area contributed by atoms with E-state index < -0.39 is 0 Å². The van der Waals surface area contributed by atoms with Crippen LogP contribution < -0.4 is 5.32 Å². The number of hydrogen-bond donors (Lipinski definition) is 2. The van der Waals surface area contributed by atoms with Crippen LogP contribution in [0.5, 0.6) is 0 Å². The zero-order valence-electron chi connectivity index (χ0n) is 20.1. The predicted octanol–water partition coefficient (Wildman–Crippen LogP) is 3.99. The largest absolute Gasteiger partial charge is 0.360 e. The first-order valence-electron chi connectivity index (χ1n) is 12.0. The van der Waals surface area contributed by atoms with E-state index in [1.165, 1.54) is 12.1 Å². The van der Waals surface area contributed by atoms with E-state index in [-0.39, 0.29) is 24.2 Å². The zero-order valence-corrected chi connectivity index (χ0v) is 20.1. The SMILES string of the molecule is Cc1cc(NC(=O)CN2CCN(C(=O)CCc3c(-c4ccccc4)[nH]c4ccc(F)cc34)CC2)no1. The highest BCUT2D eigenvalue weighted by atomic mass is 19.1. The zero-order chi connectivity index (χ0) is 25.1. The molecule has 0 spiro atoms. The van der Waals surface area contributed by atoms with Gasteiger partial charge in [-0.25, -0.2) is 4.39 Å². The number of hydrogen-bond acceptors (Lipinski definition) is 5. The summed E-state index contributed by atoms with van der Waals surface area (Å²) in [6.07, 6.45) is 0.835. The van der Waals surface area contributed by atoms with Crippen molar-refractivity contribution >= 4 is 28.5 Å². The van der Waals surface area contributed by atoms with Gasteiger partial charge in [0.05, 0.1) is 6.54 Å². The number of nitrogens with zero attached hydrogens (tertiary/aromatic N) is 3. The van der Waals surface area contributed by atoms with Crippen molar-refractivity contribution in [2.24, 2.45) is 0 Å². The van der Waals surface area contributed by atoms with Crippen molar-refractivity contribution in [2.75, 3.05) is 38.0 Å². The Morgan fingerprint density at radius 1 is 1.08 bits per heavy atom. The summed E-state index contributed by atoms with van der Waals surface area (Å²) >= 11 is 0. The Hall–Kier alpha value is -3.98. The number of H-pyrrole nitrogens is 1. The highest BCUT2D eigenvalue weighted by Crippen LogP contribution is 2.32. The number of benzene rings is 2. The van der Waals surface area contributed by atoms with Crippen LogP contribution in [0.15, 0.2) is 59.1 Å². The molecule has 9 heteroatoms. The van der Waals surface area contributed by atoms with E-state index in [9.17, 15) is 14.0 Å². The number of amides is 2. The highest BCUT2D eigenvalue weighted by molar-refractivity contribution is 5.92. The number of carbonyl (C=O) groups excluding carboxylic acids is 2. The lowest BCUT2D eigenvalue weighted by atomic mass is 10.0. The number of halogens is 1. The fourth-order valence-corrected chi connectivity index (χ4v) is 4.69. The maximum Gasteiger partial charge on any atom is 0.239 e. The van der Waals surface area contributed by atoms with E-state index in [2.05, 4.69) is 15.5 Å². The molecule has 0 atom stereocenters. The van der Waals surface area contributed by atoms with Crippen molar-refractivity contribution in [1.82, 2.24) is 19.9 Å². The van der Waals surface area contributed by atoms with Gasteiger partial charge in [-0.15, -0.1) is 0 Å². The minimum atomic E-state index is -0.299. The van der Waals surface area contributed by atoms with E-state index in [0.29, 0.717) is 50.6 Å². The average molecular weight is 490 g/mol. The molecule has 0 unspecified atom stereocenters. The van der Waals surface area contributed by atoms with Crippen molar-refractivity contribution in [3.8, 4) is 11.3 Å². The molecule has 36 heavy (non-hydrogen) atoms. The normalized spacial score (nSPS) is 14.3. The maximum atomic E-state index is 14.0. The summed E-state index contributed by atoms with van der Waals surface area (Å²) in [6, 6.07) is 16.3. The molecular weight excluding hydrogens is 461 g/mol. The smallest absolute Gasteiger partial charge is 0.239 e. The Morgan fingerprint density at radius 3 is 2.58 bits per heavy atom. The van der Waals surface area contributed by atoms with Crippen molar-refractivity contribution in [2.45, 2.75) is 19.8 Å². The summed E-state index contributed by atoms with van der Waals surface area (Å²) in [4.78, 5) is 32.6. The lowest BCUT2D eigenvalue weighted by Crippen LogP contribution is -2.50. The van der Waals surface area contributed by atoms with Crippen LogP contribution in [0, 0.1) is 12.7 Å². The fourth-order valence-electron chi connectivity index (χ4n) is 4.69. The Bertz CT molecular complexity index is 1370. The van der Waals surface area contributed by atoms with E-state index in [1.807, 2.05) is 40.1 Å². The molecule has 2 aromatic heterocycles. The molecule has 1 aliphatic heterocycles. The monoisotopic (exact) mass is 489 g/mol. The molecule has 2 N–H and O–H groups in total. The van der Waals surface area contributed by atoms with Crippen LogP contribution >= 0.6 is 0 Å². The van der Waals surface area contributed by atoms with Gasteiger partial charge in [0, 0.05) is 55.3 Å². The quantitative estimate of drug-likeness (QED) is 0.410. The molecule has 0 aliphatic carbocycles. The van der Waals surface area contributed by atoms with Gasteiger partial charge in [0.15, 0.2) is 5.82 Å². The third-order valence-electron chi connectivity index (χ3n) is 6.51. The van der Waals surface area contributed by atoms with E-state index >= 15 is 0 Å². The minimum Gasteiger partial charge on any atom is -0.360 e. The first-order valence-corrected chi connectivity index (χ1v) is 12.0. The number of aromatic nitrogens is 2. The maximum absolute atomic E-state index is 14.0. The molecule has 2 amide bonds. The van der Waals surface area contributed by atoms with Crippen molar-refractivity contribution < 1.29 is 18.5 Å². The third-order valence-corrected chi connectivity index (χ3v) is 6.51. The molecule has 2 aromatic carbocycles. The number of aryl methyl sites for hydroxylation is 2. The fraction of sp³-hybridized carbons (Fsp3) is 0.296. The highest BCUT2D eigenvalue weighted by Gasteiger charge is 2.23. The third kappa shape index (κ3) is 5.31. The predicted molar refractivity (Wildman–Crippen MR) is 135 cm³/mol. The molecule has 8 nitrogen and oxygen atoms in total. The van der Waals surface area contributed by atoms with Gasteiger partial charge in [-0.3, -0.25) is 14.5 Å². The Morgan fingerprint density at radius 2 is 1.86 bits per heavy atom.